The maximum absolute atomic E-state index is 6.25. The van der Waals surface area contributed by atoms with E-state index in [1.165, 1.54) is 4.70 Å². The molecule has 0 saturated heterocycles. The zero-order valence-electron chi connectivity index (χ0n) is 9.13. The molecule has 0 unspecified atom stereocenters. The number of thiazole rings is 1. The summed E-state index contributed by atoms with van der Waals surface area (Å²) >= 11 is 1.69. The molecule has 1 fully saturated rings. The van der Waals surface area contributed by atoms with E-state index in [-0.39, 0.29) is 36.4 Å². The minimum absolute atomic E-state index is 0. The second-order valence-corrected chi connectivity index (χ2v) is 5.34. The van der Waals surface area contributed by atoms with Crippen LogP contribution in [0.15, 0.2) is 24.3 Å². The summed E-state index contributed by atoms with van der Waals surface area (Å²) < 4.78 is 1.21. The molecule has 1 saturated carbocycles. The van der Waals surface area contributed by atoms with Gasteiger partial charge in [0.25, 0.3) is 0 Å². The molecule has 3 rings (SSSR count). The average molecular weight is 292 g/mol. The van der Waals surface area contributed by atoms with Crippen LogP contribution < -0.4 is 11.5 Å². The molecule has 1 heterocycles. The first-order valence-corrected chi connectivity index (χ1v) is 5.89. The van der Waals surface area contributed by atoms with Crippen molar-refractivity contribution >= 4 is 46.4 Å². The normalized spacial score (nSPS) is 26.8. The number of para-hydroxylation sites is 1. The van der Waals surface area contributed by atoms with Crippen LogP contribution in [0.1, 0.15) is 17.8 Å². The summed E-state index contributed by atoms with van der Waals surface area (Å²) in [6, 6.07) is 8.39. The van der Waals surface area contributed by atoms with E-state index in [9.17, 15) is 0 Å². The third-order valence-electron chi connectivity index (χ3n) is 2.97. The van der Waals surface area contributed by atoms with Gasteiger partial charge in [0.05, 0.1) is 15.8 Å². The van der Waals surface area contributed by atoms with Crippen molar-refractivity contribution in [2.45, 2.75) is 24.4 Å². The minimum atomic E-state index is -0.261. The summed E-state index contributed by atoms with van der Waals surface area (Å²) in [6.07, 6.45) is 1.71. The third-order valence-corrected chi connectivity index (χ3v) is 4.23. The summed E-state index contributed by atoms with van der Waals surface area (Å²) in [5, 5.41) is 1.03. The second kappa shape index (κ2) is 5.08. The molecule has 0 radical (unpaired) electrons. The third kappa shape index (κ3) is 2.41. The topological polar surface area (TPSA) is 64.9 Å². The molecule has 6 heteroatoms. The zero-order chi connectivity index (χ0) is 10.5. The highest BCUT2D eigenvalue weighted by molar-refractivity contribution is 7.18. The Labute approximate surface area is 116 Å². The summed E-state index contributed by atoms with van der Waals surface area (Å²) in [5.41, 5.74) is 12.8. The molecule has 94 valence electrons. The predicted molar refractivity (Wildman–Crippen MR) is 77.2 cm³/mol. The molecule has 17 heavy (non-hydrogen) atoms. The van der Waals surface area contributed by atoms with Gasteiger partial charge < -0.3 is 11.5 Å². The van der Waals surface area contributed by atoms with E-state index >= 15 is 0 Å². The minimum Gasteiger partial charge on any atom is -0.328 e. The summed E-state index contributed by atoms with van der Waals surface area (Å²) in [4.78, 5) is 4.58. The van der Waals surface area contributed by atoms with Crippen LogP contribution in [0.5, 0.6) is 0 Å². The molecule has 3 nitrogen and oxygen atoms in total. The molecule has 0 atom stereocenters. The fourth-order valence-corrected chi connectivity index (χ4v) is 3.22. The summed E-state index contributed by atoms with van der Waals surface area (Å²) in [5.74, 6) is 0. The number of nitrogens with zero attached hydrogens (tertiary/aromatic N) is 1. The van der Waals surface area contributed by atoms with E-state index in [0.29, 0.717) is 0 Å². The number of hydrogen-bond donors (Lipinski definition) is 2. The highest BCUT2D eigenvalue weighted by atomic mass is 35.5. The van der Waals surface area contributed by atoms with Crippen molar-refractivity contribution in [2.75, 3.05) is 0 Å². The van der Waals surface area contributed by atoms with Crippen LogP contribution >= 0.6 is 36.2 Å². The smallest absolute Gasteiger partial charge is 0.114 e. The van der Waals surface area contributed by atoms with E-state index in [1.54, 1.807) is 11.3 Å². The van der Waals surface area contributed by atoms with Crippen LogP contribution in [0.2, 0.25) is 0 Å². The highest BCUT2D eigenvalue weighted by Crippen LogP contribution is 2.41. The highest BCUT2D eigenvalue weighted by Gasteiger charge is 2.42. The number of fused-ring (bicyclic) bond motifs is 1. The Morgan fingerprint density at radius 2 is 1.88 bits per heavy atom. The number of hydrogen-bond acceptors (Lipinski definition) is 4. The molecule has 1 aromatic carbocycles. The number of rotatable bonds is 1. The van der Waals surface area contributed by atoms with Crippen molar-refractivity contribution < 1.29 is 0 Å². The van der Waals surface area contributed by atoms with Crippen LogP contribution in [0.25, 0.3) is 10.2 Å². The van der Waals surface area contributed by atoms with Gasteiger partial charge in [-0.25, -0.2) is 4.98 Å². The molecule has 0 aliphatic heterocycles. The number of aromatic nitrogens is 1. The fourth-order valence-electron chi connectivity index (χ4n) is 2.14. The molecular formula is C11H15Cl2N3S. The summed E-state index contributed by atoms with van der Waals surface area (Å²) in [6.45, 7) is 0. The van der Waals surface area contributed by atoms with Crippen molar-refractivity contribution in [3.8, 4) is 0 Å². The lowest BCUT2D eigenvalue weighted by atomic mass is 9.74. The van der Waals surface area contributed by atoms with Gasteiger partial charge in [-0.1, -0.05) is 12.1 Å². The van der Waals surface area contributed by atoms with Gasteiger partial charge in [0.2, 0.25) is 0 Å². The molecule has 4 N–H and O–H groups in total. The Hall–Kier alpha value is -0.390. The van der Waals surface area contributed by atoms with Crippen molar-refractivity contribution in [3.63, 3.8) is 0 Å². The van der Waals surface area contributed by atoms with Gasteiger partial charge in [0, 0.05) is 6.04 Å². The lowest BCUT2D eigenvalue weighted by Gasteiger charge is -2.41. The zero-order valence-corrected chi connectivity index (χ0v) is 11.6. The fraction of sp³-hybridized carbons (Fsp3) is 0.364. The van der Waals surface area contributed by atoms with Crippen LogP contribution in [0, 0.1) is 0 Å². The Morgan fingerprint density at radius 1 is 1.24 bits per heavy atom. The predicted octanol–water partition coefficient (Wildman–Crippen LogP) is 2.42. The lowest BCUT2D eigenvalue weighted by molar-refractivity contribution is 0.211. The van der Waals surface area contributed by atoms with Gasteiger partial charge in [-0.05, 0) is 25.0 Å². The first kappa shape index (κ1) is 14.7. The Kier molecular flexibility index (Phi) is 4.38. The molecule has 1 aromatic heterocycles. The van der Waals surface area contributed by atoms with Crippen molar-refractivity contribution in [3.05, 3.63) is 29.3 Å². The molecule has 1 aliphatic carbocycles. The monoisotopic (exact) mass is 291 g/mol. The maximum atomic E-state index is 6.25. The SMILES string of the molecule is Cl.Cl.NC1CC(N)(c2nc3ccccc3s2)C1. The van der Waals surface area contributed by atoms with E-state index in [0.717, 1.165) is 23.4 Å². The average Bonchev–Trinajstić information content (AvgIpc) is 2.59. The van der Waals surface area contributed by atoms with Gasteiger partial charge in [0.15, 0.2) is 0 Å². The number of benzene rings is 1. The van der Waals surface area contributed by atoms with Gasteiger partial charge in [-0.3, -0.25) is 0 Å². The van der Waals surface area contributed by atoms with Crippen LogP contribution in [-0.4, -0.2) is 11.0 Å². The van der Waals surface area contributed by atoms with Crippen LogP contribution in [0.4, 0.5) is 0 Å². The van der Waals surface area contributed by atoms with Crippen molar-refractivity contribution in [1.82, 2.24) is 4.98 Å². The Bertz CT molecular complexity index is 475. The van der Waals surface area contributed by atoms with Gasteiger partial charge >= 0.3 is 0 Å². The summed E-state index contributed by atoms with van der Waals surface area (Å²) in [7, 11) is 0. The quantitative estimate of drug-likeness (QED) is 0.848. The molecule has 0 amide bonds. The standard InChI is InChI=1S/C11H13N3S.2ClH/c12-7-5-11(13,6-7)10-14-8-3-1-2-4-9(8)15-10;;/h1-4,7H,5-6,12-13H2;2*1H. The van der Waals surface area contributed by atoms with E-state index in [4.69, 9.17) is 11.5 Å². The number of nitrogens with two attached hydrogens (primary N) is 2. The van der Waals surface area contributed by atoms with Crippen molar-refractivity contribution in [1.29, 1.82) is 0 Å². The van der Waals surface area contributed by atoms with Gasteiger partial charge in [0.1, 0.15) is 5.01 Å². The molecule has 2 aromatic rings. The molecular weight excluding hydrogens is 277 g/mol. The second-order valence-electron chi connectivity index (χ2n) is 4.31. The van der Waals surface area contributed by atoms with E-state index in [2.05, 4.69) is 11.1 Å². The Morgan fingerprint density at radius 3 is 2.47 bits per heavy atom. The first-order chi connectivity index (χ1) is 7.17. The van der Waals surface area contributed by atoms with E-state index < -0.39 is 0 Å². The molecule has 0 spiro atoms. The van der Waals surface area contributed by atoms with Crippen LogP contribution in [-0.2, 0) is 5.54 Å². The largest absolute Gasteiger partial charge is 0.328 e. The van der Waals surface area contributed by atoms with Crippen molar-refractivity contribution in [2.24, 2.45) is 11.5 Å². The van der Waals surface area contributed by atoms with E-state index in [1.807, 2.05) is 18.2 Å². The Balaban J connectivity index is 0.000000722. The lowest BCUT2D eigenvalue weighted by Crippen LogP contribution is -2.55. The van der Waals surface area contributed by atoms with Gasteiger partial charge in [-0.15, -0.1) is 36.2 Å². The van der Waals surface area contributed by atoms with Gasteiger partial charge in [-0.2, -0.15) is 0 Å². The van der Waals surface area contributed by atoms with Crippen LogP contribution in [0.3, 0.4) is 0 Å². The first-order valence-electron chi connectivity index (χ1n) is 5.08. The maximum Gasteiger partial charge on any atom is 0.114 e. The molecule has 1 aliphatic rings. The number of halogens is 2. The molecule has 0 bridgehead atoms.